The van der Waals surface area contributed by atoms with E-state index in [2.05, 4.69) is 27.6 Å². The van der Waals surface area contributed by atoms with Gasteiger partial charge in [0.05, 0.1) is 11.5 Å². The molecule has 0 spiro atoms. The normalized spacial score (nSPS) is 10.6. The molecule has 0 unspecified atom stereocenters. The van der Waals surface area contributed by atoms with Crippen molar-refractivity contribution in [2.75, 3.05) is 11.9 Å². The molecule has 114 valence electrons. The van der Waals surface area contributed by atoms with Crippen LogP contribution in [0.15, 0.2) is 24.3 Å². The molecule has 0 atom stereocenters. The van der Waals surface area contributed by atoms with E-state index >= 15 is 0 Å². The number of thiocarbonyl (C=S) groups is 1. The number of rotatable bonds is 4. The Morgan fingerprint density at radius 1 is 1.29 bits per heavy atom. The molecular weight excluding hydrogens is 311 g/mol. The number of nitrogens with one attached hydrogen (secondary N) is 2. The standard InChI is InChI=1S/C11H10F3N3O3S/c12-11(13,14)20-7-3-1-2-6(4-7)17-10(19)9(18)16-5-8(15)21/h1-4H,5H2,(H2,15,21)(H,16,18)(H,17,19). The quantitative estimate of drug-likeness (QED) is 0.566. The highest BCUT2D eigenvalue weighted by atomic mass is 32.1. The van der Waals surface area contributed by atoms with Crippen molar-refractivity contribution >= 4 is 34.7 Å². The highest BCUT2D eigenvalue weighted by molar-refractivity contribution is 7.80. The Hall–Kier alpha value is -2.36. The van der Waals surface area contributed by atoms with Gasteiger partial charge in [-0.05, 0) is 12.1 Å². The van der Waals surface area contributed by atoms with Crippen LogP contribution in [0.3, 0.4) is 0 Å². The minimum atomic E-state index is -4.85. The number of anilines is 1. The lowest BCUT2D eigenvalue weighted by molar-refractivity contribution is -0.274. The van der Waals surface area contributed by atoms with E-state index in [1.165, 1.54) is 12.1 Å². The molecule has 0 heterocycles. The summed E-state index contributed by atoms with van der Waals surface area (Å²) in [5, 5.41) is 4.24. The number of carbonyl (C=O) groups is 2. The second-order valence-corrected chi connectivity index (χ2v) is 4.20. The number of carbonyl (C=O) groups excluding carboxylic acids is 2. The second-order valence-electron chi connectivity index (χ2n) is 3.68. The maximum Gasteiger partial charge on any atom is 0.573 e. The first-order chi connectivity index (χ1) is 9.67. The summed E-state index contributed by atoms with van der Waals surface area (Å²) in [7, 11) is 0. The molecular formula is C11H10F3N3O3S. The number of alkyl halides is 3. The Bertz CT molecular complexity index is 563. The van der Waals surface area contributed by atoms with E-state index in [0.717, 1.165) is 12.1 Å². The van der Waals surface area contributed by atoms with Crippen LogP contribution in [0.4, 0.5) is 18.9 Å². The van der Waals surface area contributed by atoms with Crippen molar-refractivity contribution in [3.05, 3.63) is 24.3 Å². The van der Waals surface area contributed by atoms with Crippen molar-refractivity contribution < 1.29 is 27.5 Å². The molecule has 1 aromatic carbocycles. The Morgan fingerprint density at radius 2 is 1.95 bits per heavy atom. The smallest absolute Gasteiger partial charge is 0.406 e. The van der Waals surface area contributed by atoms with Gasteiger partial charge in [0.1, 0.15) is 5.75 Å². The van der Waals surface area contributed by atoms with Crippen LogP contribution >= 0.6 is 12.2 Å². The minimum absolute atomic E-state index is 0.0169. The van der Waals surface area contributed by atoms with Gasteiger partial charge in [-0.15, -0.1) is 13.2 Å². The Balaban J connectivity index is 2.66. The molecule has 0 radical (unpaired) electrons. The average Bonchev–Trinajstić information content (AvgIpc) is 2.34. The van der Waals surface area contributed by atoms with Gasteiger partial charge in [0.2, 0.25) is 0 Å². The number of hydrogen-bond acceptors (Lipinski definition) is 4. The zero-order valence-corrected chi connectivity index (χ0v) is 11.2. The van der Waals surface area contributed by atoms with Gasteiger partial charge < -0.3 is 21.1 Å². The summed E-state index contributed by atoms with van der Waals surface area (Å²) in [6, 6.07) is 4.49. The second kappa shape index (κ2) is 6.88. The van der Waals surface area contributed by atoms with Crippen molar-refractivity contribution in [2.45, 2.75) is 6.36 Å². The number of nitrogens with two attached hydrogens (primary N) is 1. The van der Waals surface area contributed by atoms with Crippen LogP contribution in [-0.2, 0) is 9.59 Å². The first kappa shape index (κ1) is 16.7. The van der Waals surface area contributed by atoms with E-state index in [4.69, 9.17) is 5.73 Å². The molecule has 0 saturated heterocycles. The van der Waals surface area contributed by atoms with Crippen LogP contribution < -0.4 is 21.1 Å². The summed E-state index contributed by atoms with van der Waals surface area (Å²) in [4.78, 5) is 22.8. The van der Waals surface area contributed by atoms with E-state index in [0.29, 0.717) is 0 Å². The third-order valence-corrected chi connectivity index (χ3v) is 2.10. The van der Waals surface area contributed by atoms with E-state index in [1.807, 2.05) is 0 Å². The van der Waals surface area contributed by atoms with Crippen LogP contribution in [0.5, 0.6) is 5.75 Å². The summed E-state index contributed by atoms with van der Waals surface area (Å²) >= 11 is 4.51. The van der Waals surface area contributed by atoms with E-state index in [1.54, 1.807) is 0 Å². The fourth-order valence-electron chi connectivity index (χ4n) is 1.21. The SMILES string of the molecule is NC(=S)CNC(=O)C(=O)Nc1cccc(OC(F)(F)F)c1. The van der Waals surface area contributed by atoms with Crippen molar-refractivity contribution in [1.29, 1.82) is 0 Å². The molecule has 0 fully saturated rings. The minimum Gasteiger partial charge on any atom is -0.406 e. The van der Waals surface area contributed by atoms with Gasteiger partial charge in [0.25, 0.3) is 0 Å². The van der Waals surface area contributed by atoms with Gasteiger partial charge in [0.15, 0.2) is 0 Å². The maximum atomic E-state index is 12.0. The van der Waals surface area contributed by atoms with Crippen LogP contribution in [0.25, 0.3) is 0 Å². The predicted octanol–water partition coefficient (Wildman–Crippen LogP) is 0.926. The van der Waals surface area contributed by atoms with Gasteiger partial charge >= 0.3 is 18.2 Å². The highest BCUT2D eigenvalue weighted by Crippen LogP contribution is 2.24. The number of amides is 2. The van der Waals surface area contributed by atoms with Gasteiger partial charge in [-0.2, -0.15) is 0 Å². The molecule has 0 aliphatic heterocycles. The first-order valence-electron chi connectivity index (χ1n) is 5.40. The summed E-state index contributed by atoms with van der Waals surface area (Å²) < 4.78 is 39.8. The first-order valence-corrected chi connectivity index (χ1v) is 5.81. The van der Waals surface area contributed by atoms with E-state index in [9.17, 15) is 22.8 Å². The average molecular weight is 321 g/mol. The summed E-state index contributed by atoms with van der Waals surface area (Å²) in [6.45, 7) is -0.168. The highest BCUT2D eigenvalue weighted by Gasteiger charge is 2.31. The van der Waals surface area contributed by atoms with Crippen molar-refractivity contribution in [1.82, 2.24) is 5.32 Å². The monoisotopic (exact) mass is 321 g/mol. The molecule has 1 rings (SSSR count). The fraction of sp³-hybridized carbons (Fsp3) is 0.182. The zero-order chi connectivity index (χ0) is 16.0. The summed E-state index contributed by atoms with van der Waals surface area (Å²) in [5.74, 6) is -2.62. The molecule has 10 heteroatoms. The van der Waals surface area contributed by atoms with Crippen LogP contribution in [0.1, 0.15) is 0 Å². The molecule has 0 aliphatic carbocycles. The zero-order valence-electron chi connectivity index (χ0n) is 10.4. The third-order valence-electron chi connectivity index (χ3n) is 1.95. The Morgan fingerprint density at radius 3 is 2.52 bits per heavy atom. The lowest BCUT2D eigenvalue weighted by Gasteiger charge is -2.10. The van der Waals surface area contributed by atoms with Gasteiger partial charge in [-0.1, -0.05) is 18.3 Å². The third kappa shape index (κ3) is 6.56. The number of benzene rings is 1. The summed E-state index contributed by atoms with van der Waals surface area (Å²) in [6.07, 6.45) is -4.85. The van der Waals surface area contributed by atoms with Crippen LogP contribution in [-0.4, -0.2) is 29.7 Å². The molecule has 6 nitrogen and oxygen atoms in total. The van der Waals surface area contributed by atoms with Gasteiger partial charge in [-0.3, -0.25) is 9.59 Å². The van der Waals surface area contributed by atoms with E-state index < -0.39 is 23.9 Å². The molecule has 4 N–H and O–H groups in total. The van der Waals surface area contributed by atoms with Crippen LogP contribution in [0.2, 0.25) is 0 Å². The Kier molecular flexibility index (Phi) is 5.47. The fourth-order valence-corrected chi connectivity index (χ4v) is 1.28. The van der Waals surface area contributed by atoms with Crippen LogP contribution in [0, 0.1) is 0 Å². The van der Waals surface area contributed by atoms with E-state index in [-0.39, 0.29) is 17.2 Å². The molecule has 0 aromatic heterocycles. The molecule has 1 aromatic rings. The lowest BCUT2D eigenvalue weighted by Crippen LogP contribution is -2.39. The summed E-state index contributed by atoms with van der Waals surface area (Å²) in [5.41, 5.74) is 5.10. The molecule has 0 bridgehead atoms. The predicted molar refractivity (Wildman–Crippen MR) is 71.5 cm³/mol. The molecule has 0 saturated carbocycles. The van der Waals surface area contributed by atoms with Crippen molar-refractivity contribution in [3.8, 4) is 5.75 Å². The maximum absolute atomic E-state index is 12.0. The number of hydrogen-bond donors (Lipinski definition) is 3. The van der Waals surface area contributed by atoms with Crippen molar-refractivity contribution in [3.63, 3.8) is 0 Å². The molecule has 2 amide bonds. The largest absolute Gasteiger partial charge is 0.573 e. The number of halogens is 3. The topological polar surface area (TPSA) is 93.5 Å². The molecule has 21 heavy (non-hydrogen) atoms. The van der Waals surface area contributed by atoms with Crippen molar-refractivity contribution in [2.24, 2.45) is 5.73 Å². The lowest BCUT2D eigenvalue weighted by atomic mass is 10.3. The molecule has 0 aliphatic rings. The Labute approximate surface area is 122 Å². The number of ether oxygens (including phenoxy) is 1. The van der Waals surface area contributed by atoms with Gasteiger partial charge in [-0.25, -0.2) is 0 Å². The van der Waals surface area contributed by atoms with Gasteiger partial charge in [0, 0.05) is 11.8 Å².